The van der Waals surface area contributed by atoms with E-state index in [9.17, 15) is 14.3 Å². The molecule has 1 aliphatic heterocycles. The number of carbonyl (C=O) groups is 1. The zero-order chi connectivity index (χ0) is 13.1. The molecule has 3 nitrogen and oxygen atoms in total. The number of β-amino-alcohol motifs (C(OH)–C–C–N with tert-alkyl or cyclic N) is 1. The number of aliphatic hydroxyl groups excluding tert-OH is 1. The molecule has 2 unspecified atom stereocenters. The molecule has 0 bridgehead atoms. The van der Waals surface area contributed by atoms with Gasteiger partial charge in [-0.2, -0.15) is 0 Å². The molecule has 0 radical (unpaired) electrons. The van der Waals surface area contributed by atoms with Crippen molar-refractivity contribution >= 4 is 5.78 Å². The molecule has 1 aromatic carbocycles. The van der Waals surface area contributed by atoms with Gasteiger partial charge in [-0.1, -0.05) is 19.1 Å². The molecule has 0 saturated carbocycles. The summed E-state index contributed by atoms with van der Waals surface area (Å²) in [5.41, 5.74) is 0.130. The predicted octanol–water partition coefficient (Wildman–Crippen LogP) is 1.71. The van der Waals surface area contributed by atoms with E-state index in [1.807, 2.05) is 11.8 Å². The summed E-state index contributed by atoms with van der Waals surface area (Å²) in [6.07, 6.45) is 0.471. The van der Waals surface area contributed by atoms with Gasteiger partial charge in [0.15, 0.2) is 5.78 Å². The molecule has 0 amide bonds. The molecule has 0 aliphatic carbocycles. The largest absolute Gasteiger partial charge is 0.392 e. The Morgan fingerprint density at radius 2 is 2.22 bits per heavy atom. The fourth-order valence-electron chi connectivity index (χ4n) is 2.23. The highest BCUT2D eigenvalue weighted by Gasteiger charge is 2.26. The molecule has 4 heteroatoms. The Morgan fingerprint density at radius 1 is 1.50 bits per heavy atom. The Balaban J connectivity index is 1.98. The first kappa shape index (κ1) is 13.2. The maximum atomic E-state index is 13.4. The van der Waals surface area contributed by atoms with Crippen molar-refractivity contribution < 1.29 is 14.3 Å². The van der Waals surface area contributed by atoms with Gasteiger partial charge in [-0.15, -0.1) is 0 Å². The van der Waals surface area contributed by atoms with E-state index in [2.05, 4.69) is 0 Å². The van der Waals surface area contributed by atoms with E-state index in [-0.39, 0.29) is 23.8 Å². The lowest BCUT2D eigenvalue weighted by molar-refractivity contribution is 0.0294. The molecule has 2 atom stereocenters. The molecular weight excluding hydrogens is 233 g/mol. The first-order valence-corrected chi connectivity index (χ1v) is 6.26. The molecule has 1 heterocycles. The number of likely N-dealkylation sites (tertiary alicyclic amines) is 1. The summed E-state index contributed by atoms with van der Waals surface area (Å²) in [5, 5.41) is 9.76. The fraction of sp³-hybridized carbons (Fsp3) is 0.500. The van der Waals surface area contributed by atoms with Crippen LogP contribution in [-0.4, -0.2) is 41.5 Å². The normalized spacial score (nSPS) is 25.1. The number of benzene rings is 1. The Kier molecular flexibility index (Phi) is 4.09. The number of Topliss-reactive ketones (excluding diaryl/α,β-unsaturated/α-hetero) is 1. The number of carbonyl (C=O) groups excluding carboxylic acids is 1. The summed E-state index contributed by atoms with van der Waals surface area (Å²) in [5.74, 6) is -0.437. The van der Waals surface area contributed by atoms with Crippen LogP contribution in [0.3, 0.4) is 0 Å². The van der Waals surface area contributed by atoms with Crippen LogP contribution in [-0.2, 0) is 0 Å². The highest BCUT2D eigenvalue weighted by atomic mass is 19.1. The molecule has 1 fully saturated rings. The summed E-state index contributed by atoms with van der Waals surface area (Å²) in [6.45, 7) is 3.44. The summed E-state index contributed by atoms with van der Waals surface area (Å²) in [7, 11) is 0. The quantitative estimate of drug-likeness (QED) is 0.831. The van der Waals surface area contributed by atoms with Crippen LogP contribution in [0.1, 0.15) is 23.7 Å². The van der Waals surface area contributed by atoms with E-state index in [1.54, 1.807) is 12.1 Å². The molecule has 18 heavy (non-hydrogen) atoms. The molecule has 98 valence electrons. The standard InChI is InChI=1S/C14H18FNO2/c1-10-6-7-16(8-13(10)17)9-14(18)11-4-2-3-5-12(11)15/h2-5,10,13,17H,6-9H2,1H3. The number of hydrogen-bond donors (Lipinski definition) is 1. The van der Waals surface area contributed by atoms with Crippen LogP contribution in [0.15, 0.2) is 24.3 Å². The summed E-state index contributed by atoms with van der Waals surface area (Å²) in [6, 6.07) is 6.02. The average Bonchev–Trinajstić information content (AvgIpc) is 2.34. The molecule has 1 N–H and O–H groups in total. The summed E-state index contributed by atoms with van der Waals surface area (Å²) in [4.78, 5) is 13.8. The molecule has 1 saturated heterocycles. The van der Waals surface area contributed by atoms with Gasteiger partial charge in [0.2, 0.25) is 0 Å². The van der Waals surface area contributed by atoms with Crippen molar-refractivity contribution in [1.29, 1.82) is 0 Å². The SMILES string of the molecule is CC1CCN(CC(=O)c2ccccc2F)CC1O. The first-order chi connectivity index (χ1) is 8.58. The number of piperidine rings is 1. The molecular formula is C14H18FNO2. The zero-order valence-corrected chi connectivity index (χ0v) is 10.5. The second kappa shape index (κ2) is 5.59. The lowest BCUT2D eigenvalue weighted by atomic mass is 9.95. The Labute approximate surface area is 106 Å². The average molecular weight is 251 g/mol. The number of halogens is 1. The van der Waals surface area contributed by atoms with Gasteiger partial charge >= 0.3 is 0 Å². The van der Waals surface area contributed by atoms with Crippen LogP contribution < -0.4 is 0 Å². The minimum absolute atomic E-state index is 0.130. The van der Waals surface area contributed by atoms with Crippen molar-refractivity contribution in [3.63, 3.8) is 0 Å². The lowest BCUT2D eigenvalue weighted by Crippen LogP contribution is -2.44. The van der Waals surface area contributed by atoms with E-state index in [4.69, 9.17) is 0 Å². The van der Waals surface area contributed by atoms with Gasteiger partial charge < -0.3 is 5.11 Å². The predicted molar refractivity (Wildman–Crippen MR) is 67.0 cm³/mol. The number of rotatable bonds is 3. The topological polar surface area (TPSA) is 40.5 Å². The van der Waals surface area contributed by atoms with Crippen molar-refractivity contribution in [2.45, 2.75) is 19.4 Å². The highest BCUT2D eigenvalue weighted by molar-refractivity contribution is 5.97. The van der Waals surface area contributed by atoms with E-state index >= 15 is 0 Å². The van der Waals surface area contributed by atoms with Crippen molar-refractivity contribution in [2.24, 2.45) is 5.92 Å². The zero-order valence-electron chi connectivity index (χ0n) is 10.5. The van der Waals surface area contributed by atoms with Crippen molar-refractivity contribution in [3.05, 3.63) is 35.6 Å². The Bertz CT molecular complexity index is 436. The molecule has 0 aromatic heterocycles. The van der Waals surface area contributed by atoms with E-state index < -0.39 is 11.9 Å². The highest BCUT2D eigenvalue weighted by Crippen LogP contribution is 2.17. The van der Waals surface area contributed by atoms with Gasteiger partial charge in [-0.25, -0.2) is 4.39 Å². The summed E-state index contributed by atoms with van der Waals surface area (Å²) < 4.78 is 13.4. The maximum absolute atomic E-state index is 13.4. The third kappa shape index (κ3) is 2.94. The Hall–Kier alpha value is -1.26. The van der Waals surface area contributed by atoms with Crippen LogP contribution in [0.25, 0.3) is 0 Å². The van der Waals surface area contributed by atoms with Crippen LogP contribution in [0.5, 0.6) is 0 Å². The minimum atomic E-state index is -0.478. The third-order valence-electron chi connectivity index (χ3n) is 3.54. The molecule has 1 aliphatic rings. The summed E-state index contributed by atoms with van der Waals surface area (Å²) >= 11 is 0. The van der Waals surface area contributed by atoms with Crippen molar-refractivity contribution in [2.75, 3.05) is 19.6 Å². The van der Waals surface area contributed by atoms with Gasteiger partial charge in [0.25, 0.3) is 0 Å². The van der Waals surface area contributed by atoms with Gasteiger partial charge in [-0.3, -0.25) is 9.69 Å². The van der Waals surface area contributed by atoms with Crippen molar-refractivity contribution in [1.82, 2.24) is 4.90 Å². The third-order valence-corrected chi connectivity index (χ3v) is 3.54. The Morgan fingerprint density at radius 3 is 2.89 bits per heavy atom. The van der Waals surface area contributed by atoms with Gasteiger partial charge in [-0.05, 0) is 31.0 Å². The molecule has 0 spiro atoms. The number of ketones is 1. The van der Waals surface area contributed by atoms with E-state index in [0.29, 0.717) is 6.54 Å². The number of nitrogens with zero attached hydrogens (tertiary/aromatic N) is 1. The lowest BCUT2D eigenvalue weighted by Gasteiger charge is -2.33. The smallest absolute Gasteiger partial charge is 0.179 e. The van der Waals surface area contributed by atoms with Crippen LogP contribution in [0, 0.1) is 11.7 Å². The van der Waals surface area contributed by atoms with Gasteiger partial charge in [0.05, 0.1) is 18.2 Å². The second-order valence-corrected chi connectivity index (χ2v) is 4.97. The molecule has 1 aromatic rings. The van der Waals surface area contributed by atoms with Crippen LogP contribution in [0.2, 0.25) is 0 Å². The fourth-order valence-corrected chi connectivity index (χ4v) is 2.23. The second-order valence-electron chi connectivity index (χ2n) is 4.97. The van der Waals surface area contributed by atoms with Gasteiger partial charge in [0, 0.05) is 6.54 Å². The van der Waals surface area contributed by atoms with Crippen molar-refractivity contribution in [3.8, 4) is 0 Å². The van der Waals surface area contributed by atoms with Gasteiger partial charge in [0.1, 0.15) is 5.82 Å². The minimum Gasteiger partial charge on any atom is -0.392 e. The number of aliphatic hydroxyl groups is 1. The monoisotopic (exact) mass is 251 g/mol. The van der Waals surface area contributed by atoms with E-state index in [1.165, 1.54) is 12.1 Å². The van der Waals surface area contributed by atoms with Crippen LogP contribution in [0.4, 0.5) is 4.39 Å². The van der Waals surface area contributed by atoms with E-state index in [0.717, 1.165) is 13.0 Å². The van der Waals surface area contributed by atoms with Crippen LogP contribution >= 0.6 is 0 Å². The number of hydrogen-bond acceptors (Lipinski definition) is 3. The maximum Gasteiger partial charge on any atom is 0.179 e. The molecule has 2 rings (SSSR count). The first-order valence-electron chi connectivity index (χ1n) is 6.26.